The molecule has 78 heavy (non-hydrogen) atoms. The van der Waals surface area contributed by atoms with Gasteiger partial charge in [-0.15, -0.1) is 0 Å². The number of phosphoric acid groups is 1. The average molecular weight is 1170 g/mol. The van der Waals surface area contributed by atoms with Crippen molar-refractivity contribution in [2.45, 2.75) is 210 Å². The maximum atomic E-state index is 11.8. The van der Waals surface area contributed by atoms with Crippen molar-refractivity contribution in [1.29, 1.82) is 0 Å². The summed E-state index contributed by atoms with van der Waals surface area (Å²) in [6.07, 6.45) is -57.9. The van der Waals surface area contributed by atoms with Crippen molar-refractivity contribution < 1.29 is 167 Å². The SMILES string of the molecule is CCC1O[C@@H](OC2[C@@H](OCC3O[C@H](OCC4O[C@@H](OCCCC(=O)NN)C(O)[C@@H](O[C@@H]5OC(CO)[C@@H](O)[C@H](O)C5O[C@H]5OC(COP(=O)([O-])[O-])[C@@H](O)[C@H](O)C5O)[C@@H]4O)C(O)[C@@H](O)[C@@H]3O)OC(CO)[C@@H](O)[C@@H]2O)C(O)[C@@H](O)[C@@H]1O. The molecule has 6 saturated heterocycles. The Morgan fingerprint density at radius 1 is 0.462 bits per heavy atom. The van der Waals surface area contributed by atoms with Crippen molar-refractivity contribution >= 4 is 13.7 Å². The fourth-order valence-corrected chi connectivity index (χ4v) is 9.55. The van der Waals surface area contributed by atoms with Crippen LogP contribution in [-0.4, -0.2) is 317 Å². The lowest BCUT2D eigenvalue weighted by molar-refractivity contribution is -0.392. The molecule has 6 heterocycles. The van der Waals surface area contributed by atoms with Gasteiger partial charge in [-0.05, 0) is 12.8 Å². The maximum Gasteiger partial charge on any atom is 0.233 e. The van der Waals surface area contributed by atoms with E-state index in [1.807, 2.05) is 5.43 Å². The number of hydrazine groups is 1. The van der Waals surface area contributed by atoms with Gasteiger partial charge < -0.3 is 163 Å². The van der Waals surface area contributed by atoms with Crippen LogP contribution in [0.1, 0.15) is 26.2 Å². The van der Waals surface area contributed by atoms with E-state index in [2.05, 4.69) is 4.52 Å². The van der Waals surface area contributed by atoms with E-state index in [4.69, 9.17) is 62.7 Å². The topological polar surface area (TPSA) is 582 Å². The number of hydrogen-bond acceptors (Lipinski definition) is 35. The van der Waals surface area contributed by atoms with Crippen molar-refractivity contribution in [2.24, 2.45) is 5.84 Å². The monoisotopic (exact) mass is 1170 g/mol. The molecule has 20 N–H and O–H groups in total. The highest BCUT2D eigenvalue weighted by atomic mass is 31.2. The number of carbonyl (C=O) groups excluding carboxylic acids is 1. The molecule has 0 bridgehead atoms. The summed E-state index contributed by atoms with van der Waals surface area (Å²) in [6.45, 7) is -3.66. The van der Waals surface area contributed by atoms with Gasteiger partial charge in [0.2, 0.25) is 5.91 Å². The number of carbonyl (C=O) groups is 1. The highest BCUT2D eigenvalue weighted by Gasteiger charge is 2.56. The molecule has 0 spiro atoms. The summed E-state index contributed by atoms with van der Waals surface area (Å²) in [5.41, 5.74) is 1.90. The van der Waals surface area contributed by atoms with Crippen LogP contribution in [0.2, 0.25) is 0 Å². The van der Waals surface area contributed by atoms with Crippen molar-refractivity contribution in [3.8, 4) is 0 Å². The van der Waals surface area contributed by atoms with Gasteiger partial charge >= 0.3 is 0 Å². The number of ether oxygens (including phenoxy) is 12. The van der Waals surface area contributed by atoms with E-state index < -0.39 is 231 Å². The summed E-state index contributed by atoms with van der Waals surface area (Å²) >= 11 is 0. The molecule has 0 aromatic carbocycles. The Hall–Kier alpha value is -1.62. The molecule has 0 aromatic rings. The van der Waals surface area contributed by atoms with Crippen LogP contribution in [-0.2, 0) is 70.7 Å². The van der Waals surface area contributed by atoms with Crippen molar-refractivity contribution in [3.05, 3.63) is 0 Å². The number of aliphatic hydroxyl groups excluding tert-OH is 17. The molecule has 6 aliphatic rings. The van der Waals surface area contributed by atoms with Crippen LogP contribution in [0, 0.1) is 0 Å². The van der Waals surface area contributed by atoms with Crippen molar-refractivity contribution in [2.75, 3.05) is 39.6 Å². The molecule has 12 unspecified atom stereocenters. The summed E-state index contributed by atoms with van der Waals surface area (Å²) in [5, 5.41) is 183. The highest BCUT2D eigenvalue weighted by molar-refractivity contribution is 7.43. The van der Waals surface area contributed by atoms with E-state index in [0.717, 1.165) is 0 Å². The summed E-state index contributed by atoms with van der Waals surface area (Å²) in [4.78, 5) is 34.1. The molecule has 0 aromatic heterocycles. The zero-order valence-corrected chi connectivity index (χ0v) is 42.1. The molecule has 30 atom stereocenters. The summed E-state index contributed by atoms with van der Waals surface area (Å²) in [5.74, 6) is 4.51. The van der Waals surface area contributed by atoms with Gasteiger partial charge in [-0.3, -0.25) is 10.2 Å². The fourth-order valence-electron chi connectivity index (χ4n) is 9.22. The highest BCUT2D eigenvalue weighted by Crippen LogP contribution is 2.36. The minimum atomic E-state index is -5.70. The standard InChI is InChI=1S/C41H73N2O34P/c1-2-11-18(47)24(53)30(59)38(69-11)76-34-27(56)19(48)12(6-44)70-40(34)67-8-14-21(50)25(54)29(58)36(72-14)66-9-15-23(52)33(32(61)37(73-15)65-5-3-4-17(46)43-42)75-41-35(28(57)20(49)13(7-45)71-41)77-39-31(60)26(55)22(51)16(74-39)10-68-78(62,63)64/h11-16,18-41,44-45,47-61H,2-10,42H2,1H3,(H,43,46)(H2,62,63,64)/p-2/t11?,12?,13?,14?,15?,16?,18-,19-,20-,21-,22-,23-,24+,25+,26+,27+,28+,29?,30?,31?,32?,33+,34?,35?,36+,37-,38+,39-,40+,41+/m1/s1. The Kier molecular flexibility index (Phi) is 24.2. The number of nitrogens with two attached hydrogens (primary N) is 1. The van der Waals surface area contributed by atoms with E-state index >= 15 is 0 Å². The lowest BCUT2D eigenvalue weighted by Gasteiger charge is -2.49. The van der Waals surface area contributed by atoms with Crippen LogP contribution in [0.25, 0.3) is 0 Å². The van der Waals surface area contributed by atoms with Gasteiger partial charge in [0.1, 0.15) is 140 Å². The maximum absolute atomic E-state index is 11.8. The Bertz CT molecular complexity index is 1890. The first-order valence-electron chi connectivity index (χ1n) is 24.6. The Labute approximate surface area is 441 Å². The van der Waals surface area contributed by atoms with E-state index in [1.165, 1.54) is 0 Å². The molecule has 6 rings (SSSR count). The summed E-state index contributed by atoms with van der Waals surface area (Å²) in [7, 11) is -5.70. The minimum Gasteiger partial charge on any atom is -0.790 e. The van der Waals surface area contributed by atoms with Crippen LogP contribution in [0.15, 0.2) is 0 Å². The molecule has 6 fully saturated rings. The Morgan fingerprint density at radius 3 is 1.35 bits per heavy atom. The first kappa shape index (κ1) is 65.5. The third-order valence-electron chi connectivity index (χ3n) is 13.8. The summed E-state index contributed by atoms with van der Waals surface area (Å²) in [6, 6.07) is 0. The number of hydrogen-bond donors (Lipinski definition) is 19. The predicted octanol–water partition coefficient (Wildman–Crippen LogP) is -14.0. The fraction of sp³-hybridized carbons (Fsp3) is 0.976. The van der Waals surface area contributed by atoms with Gasteiger partial charge in [0.05, 0.1) is 53.6 Å². The van der Waals surface area contributed by atoms with Gasteiger partial charge in [0.25, 0.3) is 0 Å². The first-order valence-corrected chi connectivity index (χ1v) is 26.1. The van der Waals surface area contributed by atoms with Gasteiger partial charge in [-0.2, -0.15) is 0 Å². The Balaban J connectivity index is 1.19. The first-order chi connectivity index (χ1) is 36.8. The number of phosphoric ester groups is 1. The van der Waals surface area contributed by atoms with Gasteiger partial charge in [0, 0.05) is 6.42 Å². The molecule has 37 heteroatoms. The van der Waals surface area contributed by atoms with Crippen LogP contribution >= 0.6 is 7.82 Å². The Morgan fingerprint density at radius 2 is 0.846 bits per heavy atom. The zero-order valence-electron chi connectivity index (χ0n) is 41.3. The average Bonchev–Trinajstić information content (AvgIpc) is 3.41. The van der Waals surface area contributed by atoms with E-state index in [0.29, 0.717) is 0 Å². The minimum absolute atomic E-state index is 0.0557. The molecule has 0 aliphatic carbocycles. The third kappa shape index (κ3) is 15.4. The predicted molar refractivity (Wildman–Crippen MR) is 234 cm³/mol. The quantitative estimate of drug-likeness (QED) is 0.0148. The molecule has 0 saturated carbocycles. The number of amides is 1. The lowest BCUT2D eigenvalue weighted by Crippen LogP contribution is -2.67. The van der Waals surface area contributed by atoms with E-state index in [1.54, 1.807) is 6.92 Å². The zero-order chi connectivity index (χ0) is 57.7. The van der Waals surface area contributed by atoms with Gasteiger partial charge in [0.15, 0.2) is 37.7 Å². The molecule has 1 amide bonds. The second kappa shape index (κ2) is 28.8. The third-order valence-corrected chi connectivity index (χ3v) is 14.3. The smallest absolute Gasteiger partial charge is 0.233 e. The lowest BCUT2D eigenvalue weighted by atomic mass is 9.96. The molecule has 36 nitrogen and oxygen atoms in total. The van der Waals surface area contributed by atoms with Crippen LogP contribution in [0.4, 0.5) is 0 Å². The van der Waals surface area contributed by atoms with Gasteiger partial charge in [-0.1, -0.05) is 6.92 Å². The summed E-state index contributed by atoms with van der Waals surface area (Å²) < 4.78 is 83.5. The second-order valence-electron chi connectivity index (χ2n) is 19.1. The van der Waals surface area contributed by atoms with Crippen molar-refractivity contribution in [1.82, 2.24) is 5.43 Å². The van der Waals surface area contributed by atoms with Crippen LogP contribution in [0.5, 0.6) is 0 Å². The number of aliphatic hydroxyl groups is 17. The van der Waals surface area contributed by atoms with Gasteiger partial charge in [-0.25, -0.2) is 5.84 Å². The molecular weight excluding hydrogens is 1100 g/mol. The normalized spacial score (nSPS) is 47.7. The molecule has 6 aliphatic heterocycles. The molecule has 456 valence electrons. The molecular formula is C41H71N2O34P-2. The van der Waals surface area contributed by atoms with Crippen molar-refractivity contribution in [3.63, 3.8) is 0 Å². The van der Waals surface area contributed by atoms with E-state index in [9.17, 15) is 106 Å². The number of nitrogens with one attached hydrogen (secondary N) is 1. The van der Waals surface area contributed by atoms with Crippen LogP contribution < -0.4 is 21.1 Å². The molecule has 0 radical (unpaired) electrons. The second-order valence-corrected chi connectivity index (χ2v) is 20.3. The number of rotatable bonds is 23. The van der Waals surface area contributed by atoms with E-state index in [-0.39, 0.29) is 25.9 Å². The van der Waals surface area contributed by atoms with Crippen LogP contribution in [0.3, 0.4) is 0 Å². The largest absolute Gasteiger partial charge is 0.790 e.